The molecule has 0 radical (unpaired) electrons. The zero-order valence-electron chi connectivity index (χ0n) is 16.9. The highest BCUT2D eigenvalue weighted by Crippen LogP contribution is 2.47. The van der Waals surface area contributed by atoms with Gasteiger partial charge >= 0.3 is 7.60 Å². The van der Waals surface area contributed by atoms with Crippen molar-refractivity contribution in [1.82, 2.24) is 24.4 Å². The third-order valence-corrected chi connectivity index (χ3v) is 6.50. The van der Waals surface area contributed by atoms with E-state index in [9.17, 15) is 9.83 Å². The summed E-state index contributed by atoms with van der Waals surface area (Å²) >= 11 is 6.07. The van der Waals surface area contributed by atoms with E-state index in [1.54, 1.807) is 20.2 Å². The number of halogens is 1. The lowest BCUT2D eigenvalue weighted by atomic mass is 10.2. The first-order valence-corrected chi connectivity index (χ1v) is 11.6. The Morgan fingerprint density at radius 2 is 2.03 bits per heavy atom. The van der Waals surface area contributed by atoms with Gasteiger partial charge in [-0.3, -0.25) is 9.46 Å². The molecule has 2 rings (SSSR count). The normalized spacial score (nSPS) is 13.1. The van der Waals surface area contributed by atoms with Crippen LogP contribution in [0.25, 0.3) is 11.2 Å². The SMILES string of the molecule is CCOP(=O)(CCN(CCn1cnc2c(Cl)nc(N)nc21)CC(C)C#N)OCC. The molecule has 2 aromatic rings. The molecular weight excluding hydrogens is 417 g/mol. The third kappa shape index (κ3) is 6.63. The number of aromatic nitrogens is 4. The van der Waals surface area contributed by atoms with Gasteiger partial charge in [0.1, 0.15) is 5.52 Å². The van der Waals surface area contributed by atoms with E-state index < -0.39 is 7.60 Å². The number of imidazole rings is 1. The molecule has 0 aromatic carbocycles. The van der Waals surface area contributed by atoms with E-state index in [0.717, 1.165) is 0 Å². The Bertz CT molecular complexity index is 891. The molecule has 2 aromatic heterocycles. The van der Waals surface area contributed by atoms with Gasteiger partial charge in [0.05, 0.1) is 37.7 Å². The maximum absolute atomic E-state index is 12.8. The Morgan fingerprint density at radius 1 is 1.34 bits per heavy atom. The number of nitrogens with two attached hydrogens (primary N) is 1. The molecule has 1 unspecified atom stereocenters. The zero-order chi connectivity index (χ0) is 21.4. The van der Waals surface area contributed by atoms with Gasteiger partial charge in [0.25, 0.3) is 0 Å². The monoisotopic (exact) mass is 443 g/mol. The van der Waals surface area contributed by atoms with Crippen LogP contribution in [0.1, 0.15) is 20.8 Å². The highest BCUT2D eigenvalue weighted by atomic mass is 35.5. The summed E-state index contributed by atoms with van der Waals surface area (Å²) in [7, 11) is -3.16. The van der Waals surface area contributed by atoms with Gasteiger partial charge in [-0.05, 0) is 20.8 Å². The van der Waals surface area contributed by atoms with Crippen molar-refractivity contribution in [3.63, 3.8) is 0 Å². The Labute approximate surface area is 175 Å². The fourth-order valence-electron chi connectivity index (χ4n) is 2.88. The molecule has 12 heteroatoms. The standard InChI is InChI=1S/C17H27ClN7O3P/c1-4-27-29(26,28-5-2)9-8-24(11-13(3)10-19)6-7-25-12-21-14-15(18)22-17(20)23-16(14)25/h12-13H,4-9,11H2,1-3H3,(H2,20,22,23). The maximum atomic E-state index is 12.8. The molecule has 1 atom stereocenters. The minimum Gasteiger partial charge on any atom is -0.368 e. The summed E-state index contributed by atoms with van der Waals surface area (Å²) in [5, 5.41) is 9.40. The molecule has 10 nitrogen and oxygen atoms in total. The summed E-state index contributed by atoms with van der Waals surface area (Å²) in [5.74, 6) is -0.103. The van der Waals surface area contributed by atoms with Crippen LogP contribution in [-0.2, 0) is 20.2 Å². The second kappa shape index (κ2) is 10.9. The van der Waals surface area contributed by atoms with E-state index in [1.165, 1.54) is 0 Å². The molecule has 0 fully saturated rings. The molecule has 0 aliphatic heterocycles. The number of rotatable bonds is 12. The first-order valence-electron chi connectivity index (χ1n) is 9.45. The molecule has 0 bridgehead atoms. The van der Waals surface area contributed by atoms with Crippen LogP contribution < -0.4 is 5.73 Å². The summed E-state index contributed by atoms with van der Waals surface area (Å²) in [6.45, 7) is 8.15. The van der Waals surface area contributed by atoms with Gasteiger partial charge in [-0.15, -0.1) is 0 Å². The lowest BCUT2D eigenvalue weighted by Crippen LogP contribution is -2.34. The van der Waals surface area contributed by atoms with Gasteiger partial charge in [0.2, 0.25) is 5.95 Å². The average Bonchev–Trinajstić information content (AvgIpc) is 3.07. The number of hydrogen-bond donors (Lipinski definition) is 1. The molecule has 0 saturated heterocycles. The van der Waals surface area contributed by atoms with Crippen LogP contribution in [0.4, 0.5) is 5.95 Å². The highest BCUT2D eigenvalue weighted by molar-refractivity contribution is 7.53. The lowest BCUT2D eigenvalue weighted by molar-refractivity contribution is 0.208. The minimum absolute atomic E-state index is 0.0774. The Morgan fingerprint density at radius 3 is 2.66 bits per heavy atom. The van der Waals surface area contributed by atoms with Gasteiger partial charge < -0.3 is 19.3 Å². The van der Waals surface area contributed by atoms with Crippen molar-refractivity contribution < 1.29 is 13.6 Å². The van der Waals surface area contributed by atoms with Crippen LogP contribution in [0.15, 0.2) is 6.33 Å². The molecule has 0 aliphatic carbocycles. The summed E-state index contributed by atoms with van der Waals surface area (Å²) in [5.41, 5.74) is 6.72. The maximum Gasteiger partial charge on any atom is 0.331 e. The van der Waals surface area contributed by atoms with Gasteiger partial charge in [-0.2, -0.15) is 15.2 Å². The van der Waals surface area contributed by atoms with E-state index in [4.69, 9.17) is 26.4 Å². The smallest absolute Gasteiger partial charge is 0.331 e. The first kappa shape index (κ1) is 23.5. The number of anilines is 1. The molecule has 2 N–H and O–H groups in total. The van der Waals surface area contributed by atoms with Crippen molar-refractivity contribution >= 4 is 36.3 Å². The van der Waals surface area contributed by atoms with E-state index in [-0.39, 0.29) is 23.2 Å². The Hall–Kier alpha value is -1.76. The molecular formula is C17H27ClN7O3P. The van der Waals surface area contributed by atoms with Crippen LogP contribution in [0.2, 0.25) is 5.15 Å². The average molecular weight is 444 g/mol. The van der Waals surface area contributed by atoms with E-state index in [2.05, 4.69) is 25.9 Å². The van der Waals surface area contributed by atoms with Gasteiger partial charge in [0, 0.05) is 26.2 Å². The molecule has 160 valence electrons. The van der Waals surface area contributed by atoms with Crippen LogP contribution in [0, 0.1) is 17.2 Å². The lowest BCUT2D eigenvalue weighted by Gasteiger charge is -2.25. The molecule has 0 aliphatic rings. The second-order valence-corrected chi connectivity index (χ2v) is 9.03. The number of hydrogen-bond acceptors (Lipinski definition) is 9. The minimum atomic E-state index is -3.16. The summed E-state index contributed by atoms with van der Waals surface area (Å²) in [6.07, 6.45) is 1.88. The third-order valence-electron chi connectivity index (χ3n) is 4.19. The molecule has 0 spiro atoms. The summed E-state index contributed by atoms with van der Waals surface area (Å²) < 4.78 is 25.3. The number of nitrogens with zero attached hydrogens (tertiary/aromatic N) is 6. The van der Waals surface area contributed by atoms with Crippen LogP contribution in [0.3, 0.4) is 0 Å². The van der Waals surface area contributed by atoms with Crippen LogP contribution >= 0.6 is 19.2 Å². The molecule has 29 heavy (non-hydrogen) atoms. The summed E-state index contributed by atoms with van der Waals surface area (Å²) in [4.78, 5) is 14.4. The van der Waals surface area contributed by atoms with Crippen molar-refractivity contribution in [3.05, 3.63) is 11.5 Å². The number of nitriles is 1. The fraction of sp³-hybridized carbons (Fsp3) is 0.647. The first-order chi connectivity index (χ1) is 13.8. The molecule has 0 amide bonds. The van der Waals surface area contributed by atoms with Gasteiger partial charge in [-0.25, -0.2) is 4.98 Å². The zero-order valence-corrected chi connectivity index (χ0v) is 18.6. The Kier molecular flexibility index (Phi) is 8.80. The van der Waals surface area contributed by atoms with E-state index in [0.29, 0.717) is 50.6 Å². The predicted octanol–water partition coefficient (Wildman–Crippen LogP) is 2.79. The van der Waals surface area contributed by atoms with Crippen molar-refractivity contribution in [2.24, 2.45) is 5.92 Å². The molecule has 2 heterocycles. The van der Waals surface area contributed by atoms with Crippen molar-refractivity contribution in [3.8, 4) is 6.07 Å². The Balaban J connectivity index is 2.11. The van der Waals surface area contributed by atoms with Gasteiger partial charge in [0.15, 0.2) is 10.8 Å². The van der Waals surface area contributed by atoms with Crippen molar-refractivity contribution in [2.45, 2.75) is 27.3 Å². The van der Waals surface area contributed by atoms with Crippen LogP contribution in [-0.4, -0.2) is 63.4 Å². The highest BCUT2D eigenvalue weighted by Gasteiger charge is 2.25. The van der Waals surface area contributed by atoms with Crippen LogP contribution in [0.5, 0.6) is 0 Å². The quantitative estimate of drug-likeness (QED) is 0.388. The van der Waals surface area contributed by atoms with Gasteiger partial charge in [-0.1, -0.05) is 11.6 Å². The van der Waals surface area contributed by atoms with E-state index in [1.807, 2.05) is 11.5 Å². The number of nitrogen functional groups attached to an aromatic ring is 1. The summed E-state index contributed by atoms with van der Waals surface area (Å²) in [6, 6.07) is 2.23. The predicted molar refractivity (Wildman–Crippen MR) is 112 cm³/mol. The van der Waals surface area contributed by atoms with Crippen molar-refractivity contribution in [1.29, 1.82) is 5.26 Å². The van der Waals surface area contributed by atoms with E-state index >= 15 is 0 Å². The second-order valence-electron chi connectivity index (χ2n) is 6.48. The largest absolute Gasteiger partial charge is 0.368 e. The number of fused-ring (bicyclic) bond motifs is 1. The van der Waals surface area contributed by atoms with Crippen molar-refractivity contribution in [2.75, 3.05) is 44.7 Å². The topological polar surface area (TPSA) is 132 Å². The fourth-order valence-corrected chi connectivity index (χ4v) is 4.75. The molecule has 0 saturated carbocycles.